The minimum absolute atomic E-state index is 0.0345. The Kier molecular flexibility index (Phi) is 6.67. The molecule has 0 aliphatic carbocycles. The fraction of sp³-hybridized carbons (Fsp3) is 0.529. The van der Waals surface area contributed by atoms with Crippen molar-refractivity contribution in [3.63, 3.8) is 0 Å². The summed E-state index contributed by atoms with van der Waals surface area (Å²) in [6.45, 7) is 1.49. The summed E-state index contributed by atoms with van der Waals surface area (Å²) in [5.74, 6) is -1.56. The van der Waals surface area contributed by atoms with Crippen molar-refractivity contribution in [2.75, 3.05) is 0 Å². The fourth-order valence-corrected chi connectivity index (χ4v) is 2.93. The van der Waals surface area contributed by atoms with E-state index < -0.39 is 25.1 Å². The number of pyridine rings is 1. The highest BCUT2D eigenvalue weighted by Gasteiger charge is 2.36. The summed E-state index contributed by atoms with van der Waals surface area (Å²) in [5, 5.41) is 0.206. The van der Waals surface area contributed by atoms with E-state index in [4.69, 9.17) is 11.6 Å². The van der Waals surface area contributed by atoms with Gasteiger partial charge in [-0.1, -0.05) is 32.4 Å². The molecule has 0 saturated heterocycles. The van der Waals surface area contributed by atoms with Crippen molar-refractivity contribution >= 4 is 11.6 Å². The van der Waals surface area contributed by atoms with Crippen molar-refractivity contribution in [1.82, 2.24) is 14.5 Å². The molecule has 0 radical (unpaired) electrons. The molecule has 0 saturated carbocycles. The molecule has 0 fully saturated rings. The molecule has 0 amide bonds. The van der Waals surface area contributed by atoms with E-state index in [9.17, 15) is 22.0 Å². The van der Waals surface area contributed by atoms with Crippen LogP contribution < -0.4 is 4.74 Å². The zero-order valence-electron chi connectivity index (χ0n) is 14.9. The summed E-state index contributed by atoms with van der Waals surface area (Å²) in [4.78, 5) is 8.41. The number of rotatable bonds is 7. The van der Waals surface area contributed by atoms with Crippen LogP contribution in [0.15, 0.2) is 12.3 Å². The minimum atomic E-state index is -4.40. The van der Waals surface area contributed by atoms with Crippen molar-refractivity contribution in [3.05, 3.63) is 34.5 Å². The van der Waals surface area contributed by atoms with Crippen LogP contribution >= 0.6 is 11.6 Å². The van der Waals surface area contributed by atoms with Crippen LogP contribution in [0.2, 0.25) is 5.15 Å². The minimum Gasteiger partial charge on any atom is -0.431 e. The first kappa shape index (κ1) is 21.4. The third-order valence-corrected chi connectivity index (χ3v) is 4.41. The molecule has 2 rings (SSSR count). The molecule has 0 aliphatic heterocycles. The van der Waals surface area contributed by atoms with Gasteiger partial charge < -0.3 is 4.74 Å². The third-order valence-electron chi connectivity index (χ3n) is 4.03. The second-order valence-corrected chi connectivity index (χ2v) is 6.36. The zero-order valence-corrected chi connectivity index (χ0v) is 15.7. The third kappa shape index (κ3) is 4.88. The maximum atomic E-state index is 12.9. The van der Waals surface area contributed by atoms with E-state index in [1.165, 1.54) is 10.8 Å². The fourth-order valence-electron chi connectivity index (χ4n) is 2.58. The van der Waals surface area contributed by atoms with Crippen molar-refractivity contribution < 1.29 is 26.7 Å². The van der Waals surface area contributed by atoms with Gasteiger partial charge in [-0.15, -0.1) is 0 Å². The van der Waals surface area contributed by atoms with E-state index in [0.717, 1.165) is 13.0 Å². The van der Waals surface area contributed by atoms with Crippen LogP contribution in [0.3, 0.4) is 0 Å². The first-order chi connectivity index (χ1) is 12.6. The first-order valence-electron chi connectivity index (χ1n) is 8.35. The topological polar surface area (TPSA) is 39.9 Å². The average molecular weight is 412 g/mol. The van der Waals surface area contributed by atoms with Gasteiger partial charge in [-0.05, 0) is 24.5 Å². The quantitative estimate of drug-likeness (QED) is 0.574. The Morgan fingerprint density at radius 2 is 1.89 bits per heavy atom. The molecular formula is C17H19ClF5N3O. The van der Waals surface area contributed by atoms with Crippen LogP contribution in [0, 0.1) is 5.92 Å². The summed E-state index contributed by atoms with van der Waals surface area (Å²) >= 11 is 6.30. The Morgan fingerprint density at radius 3 is 2.41 bits per heavy atom. The number of alkyl halides is 5. The maximum absolute atomic E-state index is 12.9. The lowest BCUT2D eigenvalue weighted by atomic mass is 10.0. The number of aromatic nitrogens is 3. The Hall–Kier alpha value is -1.90. The average Bonchev–Trinajstić information content (AvgIpc) is 2.89. The maximum Gasteiger partial charge on any atom is 0.391 e. The molecule has 0 aliphatic rings. The van der Waals surface area contributed by atoms with Gasteiger partial charge in [-0.25, -0.2) is 9.97 Å². The predicted molar refractivity (Wildman–Crippen MR) is 90.7 cm³/mol. The van der Waals surface area contributed by atoms with Gasteiger partial charge in [0, 0.05) is 12.6 Å². The first-order valence-corrected chi connectivity index (χ1v) is 8.73. The van der Waals surface area contributed by atoms with Gasteiger partial charge in [-0.2, -0.15) is 22.0 Å². The number of imidazole rings is 1. The molecule has 0 aromatic carbocycles. The molecule has 0 bridgehead atoms. The monoisotopic (exact) mass is 411 g/mol. The molecule has 27 heavy (non-hydrogen) atoms. The van der Waals surface area contributed by atoms with E-state index in [1.54, 1.807) is 0 Å². The molecule has 150 valence electrons. The molecule has 4 nitrogen and oxygen atoms in total. The summed E-state index contributed by atoms with van der Waals surface area (Å²) in [5.41, 5.74) is 0.692. The van der Waals surface area contributed by atoms with Crippen LogP contribution in [0.25, 0.3) is 5.82 Å². The summed E-state index contributed by atoms with van der Waals surface area (Å²) in [6.07, 6.45) is -2.64. The number of ether oxygens (including phenoxy) is 1. The van der Waals surface area contributed by atoms with Crippen LogP contribution in [0.5, 0.6) is 5.75 Å². The highest BCUT2D eigenvalue weighted by molar-refractivity contribution is 6.30. The van der Waals surface area contributed by atoms with Gasteiger partial charge in [0.2, 0.25) is 0 Å². The molecule has 0 spiro atoms. The molecule has 2 heterocycles. The van der Waals surface area contributed by atoms with Gasteiger partial charge in [0.15, 0.2) is 11.6 Å². The van der Waals surface area contributed by atoms with Crippen LogP contribution in [-0.2, 0) is 19.3 Å². The van der Waals surface area contributed by atoms with Crippen molar-refractivity contribution in [2.24, 2.45) is 5.92 Å². The second kappa shape index (κ2) is 8.41. The van der Waals surface area contributed by atoms with Gasteiger partial charge in [0.25, 0.3) is 0 Å². The number of hydrogen-bond acceptors (Lipinski definition) is 3. The van der Waals surface area contributed by atoms with E-state index in [-0.39, 0.29) is 22.3 Å². The summed E-state index contributed by atoms with van der Waals surface area (Å²) in [6, 6.07) is 1.14. The van der Waals surface area contributed by atoms with Crippen molar-refractivity contribution in [1.29, 1.82) is 0 Å². The zero-order chi connectivity index (χ0) is 20.4. The molecular weight excluding hydrogens is 393 g/mol. The van der Waals surface area contributed by atoms with E-state index >= 15 is 0 Å². The SMILES string of the molecule is CCc1nc(CC)n(-c2ncc(C[C@@H](C)C(F)(F)F)cc2OC(F)F)c1Cl. The Bertz CT molecular complexity index is 792. The summed E-state index contributed by atoms with van der Waals surface area (Å²) in [7, 11) is 0. The number of nitrogens with zero attached hydrogens (tertiary/aromatic N) is 3. The molecule has 0 N–H and O–H groups in total. The second-order valence-electron chi connectivity index (χ2n) is 6.00. The normalized spacial score (nSPS) is 13.3. The number of hydrogen-bond donors (Lipinski definition) is 0. The Morgan fingerprint density at radius 1 is 1.22 bits per heavy atom. The van der Waals surface area contributed by atoms with Crippen LogP contribution in [0.1, 0.15) is 37.9 Å². The lowest BCUT2D eigenvalue weighted by Crippen LogP contribution is -2.22. The molecule has 2 aromatic rings. The standard InChI is InChI=1S/C17H19ClF5N3O/c1-4-11-14(18)26(13(5-2)25-11)15-12(27-16(19)20)7-10(8-24-15)6-9(3)17(21,22)23/h7-9,16H,4-6H2,1-3H3/t9-/m1/s1. The van der Waals surface area contributed by atoms with Crippen LogP contribution in [0.4, 0.5) is 22.0 Å². The molecule has 10 heteroatoms. The lowest BCUT2D eigenvalue weighted by molar-refractivity contribution is -0.169. The highest BCUT2D eigenvalue weighted by Crippen LogP contribution is 2.33. The lowest BCUT2D eigenvalue weighted by Gasteiger charge is -2.17. The van der Waals surface area contributed by atoms with E-state index in [1.807, 2.05) is 13.8 Å². The largest absolute Gasteiger partial charge is 0.431 e. The van der Waals surface area contributed by atoms with E-state index in [2.05, 4.69) is 14.7 Å². The Balaban J connectivity index is 2.53. The van der Waals surface area contributed by atoms with E-state index in [0.29, 0.717) is 24.4 Å². The highest BCUT2D eigenvalue weighted by atomic mass is 35.5. The molecule has 2 aromatic heterocycles. The van der Waals surface area contributed by atoms with Crippen molar-refractivity contribution in [2.45, 2.75) is 52.8 Å². The molecule has 1 atom stereocenters. The van der Waals surface area contributed by atoms with Gasteiger partial charge in [0.1, 0.15) is 11.0 Å². The number of halogens is 6. The molecule has 0 unspecified atom stereocenters. The Labute approximate surface area is 158 Å². The number of aryl methyl sites for hydroxylation is 2. The van der Waals surface area contributed by atoms with Gasteiger partial charge in [-0.3, -0.25) is 4.57 Å². The smallest absolute Gasteiger partial charge is 0.391 e. The van der Waals surface area contributed by atoms with Gasteiger partial charge in [0.05, 0.1) is 11.6 Å². The van der Waals surface area contributed by atoms with Crippen molar-refractivity contribution in [3.8, 4) is 11.6 Å². The predicted octanol–water partition coefficient (Wildman–Crippen LogP) is 5.39. The van der Waals surface area contributed by atoms with Crippen LogP contribution in [-0.4, -0.2) is 27.3 Å². The summed E-state index contributed by atoms with van der Waals surface area (Å²) < 4.78 is 70.0. The van der Waals surface area contributed by atoms with Gasteiger partial charge >= 0.3 is 12.8 Å².